The highest BCUT2D eigenvalue weighted by Crippen LogP contribution is 2.65. The van der Waals surface area contributed by atoms with Crippen molar-refractivity contribution < 1.29 is 4.57 Å². The maximum absolute atomic E-state index is 15.1. The lowest BCUT2D eigenvalue weighted by molar-refractivity contribution is 0.568. The molecule has 1 aliphatic heterocycles. The number of anilines is 2. The summed E-state index contributed by atoms with van der Waals surface area (Å²) in [5, 5.41) is 4.99. The van der Waals surface area contributed by atoms with E-state index in [1.165, 1.54) is 0 Å². The largest absolute Gasteiger partial charge is 0.355 e. The van der Waals surface area contributed by atoms with Crippen LogP contribution >= 0.6 is 30.3 Å². The second-order valence-electron chi connectivity index (χ2n) is 8.85. The van der Waals surface area contributed by atoms with E-state index in [1.807, 2.05) is 72.8 Å². The molecule has 0 saturated carbocycles. The van der Waals surface area contributed by atoms with E-state index in [0.29, 0.717) is 12.3 Å². The molecule has 0 fully saturated rings. The molecule has 5 heteroatoms. The average molecular weight is 506 g/mol. The van der Waals surface area contributed by atoms with Crippen LogP contribution in [0.3, 0.4) is 0 Å². The van der Waals surface area contributed by atoms with E-state index in [9.17, 15) is 0 Å². The minimum absolute atomic E-state index is 0.138. The van der Waals surface area contributed by atoms with Gasteiger partial charge in [-0.1, -0.05) is 83.9 Å². The summed E-state index contributed by atoms with van der Waals surface area (Å²) in [6, 6.07) is 32.4. The van der Waals surface area contributed by atoms with Gasteiger partial charge >= 0.3 is 0 Å². The van der Waals surface area contributed by atoms with E-state index in [0.717, 1.165) is 56.5 Å². The molecular formula is C29H26Cl2NOP. The molecule has 1 aliphatic rings. The fraction of sp³-hybridized carbons (Fsp3) is 0.172. The summed E-state index contributed by atoms with van der Waals surface area (Å²) in [6.07, 6.45) is 2.78. The maximum atomic E-state index is 15.1. The highest BCUT2D eigenvalue weighted by Gasteiger charge is 2.39. The molecule has 1 heterocycles. The van der Waals surface area contributed by atoms with Crippen LogP contribution in [0.1, 0.15) is 27.9 Å². The summed E-state index contributed by atoms with van der Waals surface area (Å²) in [5.41, 5.74) is 6.52. The highest BCUT2D eigenvalue weighted by molar-refractivity contribution is 7.64. The van der Waals surface area contributed by atoms with Crippen molar-refractivity contribution in [2.75, 3.05) is 17.6 Å². The molecule has 5 rings (SSSR count). The zero-order valence-electron chi connectivity index (χ0n) is 18.8. The third-order valence-electron chi connectivity index (χ3n) is 6.64. The Labute approximate surface area is 211 Å². The summed E-state index contributed by atoms with van der Waals surface area (Å²) in [7, 11) is -2.72. The molecule has 0 aromatic heterocycles. The van der Waals surface area contributed by atoms with Crippen molar-refractivity contribution >= 4 is 41.7 Å². The van der Waals surface area contributed by atoms with E-state index >= 15 is 4.57 Å². The number of para-hydroxylation sites is 2. The Kier molecular flexibility index (Phi) is 6.84. The third kappa shape index (κ3) is 4.96. The van der Waals surface area contributed by atoms with Gasteiger partial charge in [0.05, 0.1) is 12.8 Å². The van der Waals surface area contributed by atoms with Gasteiger partial charge < -0.3 is 9.88 Å². The maximum Gasteiger partial charge on any atom is 0.0998 e. The third-order valence-corrected chi connectivity index (χ3v) is 10.6. The Hall–Kier alpha value is -2.51. The fourth-order valence-corrected chi connectivity index (χ4v) is 8.56. The molecule has 0 atom stereocenters. The first-order valence-electron chi connectivity index (χ1n) is 11.5. The van der Waals surface area contributed by atoms with Crippen molar-refractivity contribution in [3.05, 3.63) is 129 Å². The highest BCUT2D eigenvalue weighted by atomic mass is 35.5. The van der Waals surface area contributed by atoms with Crippen LogP contribution in [0.5, 0.6) is 0 Å². The van der Waals surface area contributed by atoms with Crippen molar-refractivity contribution in [2.24, 2.45) is 0 Å². The lowest BCUT2D eigenvalue weighted by Gasteiger charge is -2.35. The van der Waals surface area contributed by atoms with Gasteiger partial charge in [-0.25, -0.2) is 0 Å². The second kappa shape index (κ2) is 10.0. The Bertz CT molecular complexity index is 1240. The molecule has 4 aromatic rings. The molecule has 0 saturated heterocycles. The SMILES string of the molecule is O=P(CCc1ccc(Cl)cc1)(CCc1ccc(Cl)cc1)C1c2ccccc2Nc2ccccc21. The summed E-state index contributed by atoms with van der Waals surface area (Å²) in [4.78, 5) is 0. The van der Waals surface area contributed by atoms with Gasteiger partial charge in [0.15, 0.2) is 0 Å². The van der Waals surface area contributed by atoms with Crippen molar-refractivity contribution in [1.82, 2.24) is 0 Å². The molecule has 0 amide bonds. The molecule has 2 nitrogen and oxygen atoms in total. The van der Waals surface area contributed by atoms with E-state index in [-0.39, 0.29) is 5.66 Å². The van der Waals surface area contributed by atoms with Gasteiger partial charge in [0.25, 0.3) is 0 Å². The van der Waals surface area contributed by atoms with Crippen LogP contribution < -0.4 is 5.32 Å². The van der Waals surface area contributed by atoms with Crippen LogP contribution in [0, 0.1) is 0 Å². The van der Waals surface area contributed by atoms with E-state index in [1.54, 1.807) is 0 Å². The molecule has 172 valence electrons. The molecule has 4 aromatic carbocycles. The predicted octanol–water partition coefficient (Wildman–Crippen LogP) is 8.99. The number of rotatable bonds is 7. The number of fused-ring (bicyclic) bond motifs is 2. The quantitative estimate of drug-likeness (QED) is 0.254. The van der Waals surface area contributed by atoms with E-state index < -0.39 is 7.14 Å². The van der Waals surface area contributed by atoms with E-state index in [2.05, 4.69) is 29.6 Å². The van der Waals surface area contributed by atoms with Gasteiger partial charge in [-0.3, -0.25) is 0 Å². The van der Waals surface area contributed by atoms with Crippen LogP contribution in [0.15, 0.2) is 97.1 Å². The minimum atomic E-state index is -2.72. The van der Waals surface area contributed by atoms with Gasteiger partial charge in [0.1, 0.15) is 0 Å². The number of hydrogen-bond acceptors (Lipinski definition) is 2. The Balaban J connectivity index is 1.54. The van der Waals surface area contributed by atoms with Crippen LogP contribution in [0.4, 0.5) is 11.4 Å². The number of nitrogens with one attached hydrogen (secondary N) is 1. The Morgan fingerprint density at radius 2 is 1.03 bits per heavy atom. The van der Waals surface area contributed by atoms with Gasteiger partial charge in [0, 0.05) is 33.7 Å². The van der Waals surface area contributed by atoms with Gasteiger partial charge in [-0.05, 0) is 71.5 Å². The number of hydrogen-bond donors (Lipinski definition) is 1. The lowest BCUT2D eigenvalue weighted by atomic mass is 9.97. The summed E-state index contributed by atoms with van der Waals surface area (Å²) in [6.45, 7) is 0. The first-order valence-corrected chi connectivity index (χ1v) is 14.4. The van der Waals surface area contributed by atoms with Crippen molar-refractivity contribution in [3.8, 4) is 0 Å². The molecular weight excluding hydrogens is 480 g/mol. The molecule has 0 aliphatic carbocycles. The molecule has 34 heavy (non-hydrogen) atoms. The smallest absolute Gasteiger partial charge is 0.0998 e. The number of benzene rings is 4. The summed E-state index contributed by atoms with van der Waals surface area (Å²) in [5.74, 6) is 0. The Morgan fingerprint density at radius 3 is 1.47 bits per heavy atom. The van der Waals surface area contributed by atoms with Crippen molar-refractivity contribution in [2.45, 2.75) is 18.5 Å². The van der Waals surface area contributed by atoms with Crippen LogP contribution in [0.2, 0.25) is 10.0 Å². The van der Waals surface area contributed by atoms with Crippen LogP contribution in [-0.2, 0) is 17.4 Å². The fourth-order valence-electron chi connectivity index (χ4n) is 4.83. The standard InChI is InChI=1S/C29H26Cl2NOP/c30-23-13-9-21(10-14-23)17-19-34(33,20-18-22-11-15-24(31)16-12-22)29-25-5-1-3-7-27(25)32-28-8-4-2-6-26(28)29/h1-16,29,32H,17-20H2. The van der Waals surface area contributed by atoms with Crippen LogP contribution in [0.25, 0.3) is 0 Å². The molecule has 0 radical (unpaired) electrons. The average Bonchev–Trinajstić information content (AvgIpc) is 2.86. The predicted molar refractivity (Wildman–Crippen MR) is 146 cm³/mol. The first-order chi connectivity index (χ1) is 16.5. The number of halogens is 2. The van der Waals surface area contributed by atoms with Gasteiger partial charge in [-0.15, -0.1) is 0 Å². The zero-order chi connectivity index (χ0) is 23.5. The molecule has 0 bridgehead atoms. The summed E-state index contributed by atoms with van der Waals surface area (Å²) >= 11 is 12.2. The van der Waals surface area contributed by atoms with Gasteiger partial charge in [0.2, 0.25) is 0 Å². The van der Waals surface area contributed by atoms with Gasteiger partial charge in [-0.2, -0.15) is 0 Å². The lowest BCUT2D eigenvalue weighted by Crippen LogP contribution is -2.17. The molecule has 1 N–H and O–H groups in total. The monoisotopic (exact) mass is 505 g/mol. The minimum Gasteiger partial charge on any atom is -0.355 e. The second-order valence-corrected chi connectivity index (χ2v) is 13.0. The molecule has 0 unspecified atom stereocenters. The topological polar surface area (TPSA) is 29.1 Å². The summed E-state index contributed by atoms with van der Waals surface area (Å²) < 4.78 is 15.1. The molecule has 0 spiro atoms. The van der Waals surface area contributed by atoms with Crippen molar-refractivity contribution in [3.63, 3.8) is 0 Å². The zero-order valence-corrected chi connectivity index (χ0v) is 21.2. The van der Waals surface area contributed by atoms with E-state index in [4.69, 9.17) is 23.2 Å². The normalized spacial score (nSPS) is 13.1. The Morgan fingerprint density at radius 1 is 0.618 bits per heavy atom. The van der Waals surface area contributed by atoms with Crippen LogP contribution in [-0.4, -0.2) is 12.3 Å². The first kappa shape index (κ1) is 23.2. The number of aryl methyl sites for hydroxylation is 2. The van der Waals surface area contributed by atoms with Crippen molar-refractivity contribution in [1.29, 1.82) is 0 Å².